The van der Waals surface area contributed by atoms with E-state index in [0.717, 1.165) is 25.9 Å². The van der Waals surface area contributed by atoms with E-state index in [1.807, 2.05) is 0 Å². The predicted octanol–water partition coefficient (Wildman–Crippen LogP) is 3.95. The summed E-state index contributed by atoms with van der Waals surface area (Å²) in [7, 11) is 0. The van der Waals surface area contributed by atoms with E-state index < -0.39 is 5.82 Å². The van der Waals surface area contributed by atoms with Gasteiger partial charge in [-0.25, -0.2) is 8.78 Å². The number of nitrogens with zero attached hydrogens (tertiary/aromatic N) is 1. The van der Waals surface area contributed by atoms with Crippen molar-refractivity contribution in [1.82, 2.24) is 10.2 Å². The Bertz CT molecular complexity index is 777. The molecule has 0 aliphatic carbocycles. The fraction of sp³-hybridized carbons (Fsp3) is 0.350. The van der Waals surface area contributed by atoms with Crippen LogP contribution in [0.15, 0.2) is 42.5 Å². The first-order valence-electron chi connectivity index (χ1n) is 8.87. The van der Waals surface area contributed by atoms with E-state index >= 15 is 0 Å². The largest absolute Gasteiger partial charge is 0.484 e. The van der Waals surface area contributed by atoms with Gasteiger partial charge in [0.2, 0.25) is 0 Å². The third-order valence-corrected chi connectivity index (χ3v) is 4.90. The summed E-state index contributed by atoms with van der Waals surface area (Å²) >= 11 is 6.23. The number of hydrogen-bond donors (Lipinski definition) is 1. The molecule has 1 N–H and O–H groups in total. The third kappa shape index (κ3) is 5.17. The van der Waals surface area contributed by atoms with Crippen LogP contribution in [-0.2, 0) is 4.79 Å². The number of rotatable bonds is 7. The molecule has 1 heterocycles. The maximum Gasteiger partial charge on any atom is 0.258 e. The SMILES string of the molecule is O=C(COc1cccc(F)c1)NCC(c1c(F)cccc1Cl)N1CCCC1. The number of hydrogen-bond acceptors (Lipinski definition) is 3. The Morgan fingerprint density at radius 3 is 2.63 bits per heavy atom. The first-order valence-corrected chi connectivity index (χ1v) is 9.25. The van der Waals surface area contributed by atoms with E-state index in [4.69, 9.17) is 16.3 Å². The number of likely N-dealkylation sites (tertiary alicyclic amines) is 1. The minimum Gasteiger partial charge on any atom is -0.484 e. The Morgan fingerprint density at radius 2 is 1.93 bits per heavy atom. The number of halogens is 3. The van der Waals surface area contributed by atoms with Crippen LogP contribution in [-0.4, -0.2) is 37.0 Å². The second-order valence-corrected chi connectivity index (χ2v) is 6.85. The Kier molecular flexibility index (Phi) is 6.63. The van der Waals surface area contributed by atoms with Crippen molar-refractivity contribution in [3.8, 4) is 5.75 Å². The van der Waals surface area contributed by atoms with Gasteiger partial charge in [-0.3, -0.25) is 9.69 Å². The van der Waals surface area contributed by atoms with Gasteiger partial charge in [-0.05, 0) is 50.2 Å². The van der Waals surface area contributed by atoms with Crippen LogP contribution in [0.25, 0.3) is 0 Å². The van der Waals surface area contributed by atoms with Gasteiger partial charge in [-0.15, -0.1) is 0 Å². The zero-order chi connectivity index (χ0) is 19.2. The lowest BCUT2D eigenvalue weighted by atomic mass is 10.0. The van der Waals surface area contributed by atoms with Gasteiger partial charge in [0.25, 0.3) is 5.91 Å². The van der Waals surface area contributed by atoms with Gasteiger partial charge >= 0.3 is 0 Å². The van der Waals surface area contributed by atoms with Crippen LogP contribution in [0.2, 0.25) is 5.02 Å². The first kappa shape index (κ1) is 19.6. The Hall–Kier alpha value is -2.18. The third-order valence-electron chi connectivity index (χ3n) is 4.57. The summed E-state index contributed by atoms with van der Waals surface area (Å²) in [6.45, 7) is 1.61. The van der Waals surface area contributed by atoms with Crippen LogP contribution in [0.3, 0.4) is 0 Å². The average molecular weight is 395 g/mol. The maximum atomic E-state index is 14.4. The second kappa shape index (κ2) is 9.15. The molecule has 144 valence electrons. The number of carbonyl (C=O) groups is 1. The van der Waals surface area contributed by atoms with Crippen molar-refractivity contribution in [3.63, 3.8) is 0 Å². The van der Waals surface area contributed by atoms with Crippen molar-refractivity contribution < 1.29 is 18.3 Å². The molecule has 3 rings (SSSR count). The number of ether oxygens (including phenoxy) is 1. The number of amides is 1. The summed E-state index contributed by atoms with van der Waals surface area (Å²) in [5, 5.41) is 3.12. The molecule has 1 fully saturated rings. The van der Waals surface area contributed by atoms with Crippen molar-refractivity contribution in [3.05, 3.63) is 64.7 Å². The van der Waals surface area contributed by atoms with E-state index in [-0.39, 0.29) is 36.7 Å². The molecular weight excluding hydrogens is 374 g/mol. The summed E-state index contributed by atoms with van der Waals surface area (Å²) in [5.41, 5.74) is 0.396. The lowest BCUT2D eigenvalue weighted by Gasteiger charge is -2.29. The summed E-state index contributed by atoms with van der Waals surface area (Å²) < 4.78 is 32.8. The van der Waals surface area contributed by atoms with Crippen molar-refractivity contribution in [2.45, 2.75) is 18.9 Å². The molecule has 0 radical (unpaired) electrons. The van der Waals surface area contributed by atoms with Gasteiger partial charge in [0.05, 0.1) is 6.04 Å². The standard InChI is InChI=1S/C20H21ClF2N2O2/c21-16-7-4-8-17(23)20(16)18(25-9-1-2-10-25)12-24-19(26)13-27-15-6-3-5-14(22)11-15/h3-8,11,18H,1-2,9-10,12-13H2,(H,24,26). The van der Waals surface area contributed by atoms with Crippen LogP contribution in [0.5, 0.6) is 5.75 Å². The molecule has 27 heavy (non-hydrogen) atoms. The highest BCUT2D eigenvalue weighted by molar-refractivity contribution is 6.31. The van der Waals surface area contributed by atoms with Gasteiger partial charge in [-0.2, -0.15) is 0 Å². The summed E-state index contributed by atoms with van der Waals surface area (Å²) in [6.07, 6.45) is 2.05. The van der Waals surface area contributed by atoms with Crippen LogP contribution in [0, 0.1) is 11.6 Å². The molecular formula is C20H21ClF2N2O2. The van der Waals surface area contributed by atoms with E-state index in [0.29, 0.717) is 10.6 Å². The smallest absolute Gasteiger partial charge is 0.258 e. The van der Waals surface area contributed by atoms with E-state index in [1.165, 1.54) is 24.3 Å². The maximum absolute atomic E-state index is 14.4. The molecule has 7 heteroatoms. The molecule has 0 bridgehead atoms. The zero-order valence-corrected chi connectivity index (χ0v) is 15.5. The highest BCUT2D eigenvalue weighted by Gasteiger charge is 2.28. The monoisotopic (exact) mass is 394 g/mol. The molecule has 1 atom stereocenters. The van der Waals surface area contributed by atoms with Crippen LogP contribution >= 0.6 is 11.6 Å². The van der Waals surface area contributed by atoms with E-state index in [2.05, 4.69) is 10.2 Å². The van der Waals surface area contributed by atoms with Crippen molar-refractivity contribution in [1.29, 1.82) is 0 Å². The van der Waals surface area contributed by atoms with Gasteiger partial charge in [0.1, 0.15) is 17.4 Å². The Balaban J connectivity index is 1.63. The topological polar surface area (TPSA) is 41.6 Å². The quantitative estimate of drug-likeness (QED) is 0.773. The number of carbonyl (C=O) groups excluding carboxylic acids is 1. The van der Waals surface area contributed by atoms with Crippen LogP contribution in [0.1, 0.15) is 24.4 Å². The molecule has 1 saturated heterocycles. The van der Waals surface area contributed by atoms with Gasteiger partial charge in [0, 0.05) is 23.2 Å². The molecule has 0 saturated carbocycles. The normalized spacial score (nSPS) is 15.5. The first-order chi connectivity index (χ1) is 13.0. The molecule has 1 aliphatic rings. The minimum atomic E-state index is -0.434. The highest BCUT2D eigenvalue weighted by Crippen LogP contribution is 2.31. The van der Waals surface area contributed by atoms with Crippen LogP contribution in [0.4, 0.5) is 8.78 Å². The molecule has 0 aromatic heterocycles. The van der Waals surface area contributed by atoms with Crippen LogP contribution < -0.4 is 10.1 Å². The number of benzene rings is 2. The Morgan fingerprint density at radius 1 is 1.19 bits per heavy atom. The summed E-state index contributed by atoms with van der Waals surface area (Å²) in [6, 6.07) is 9.82. The summed E-state index contributed by atoms with van der Waals surface area (Å²) in [5.74, 6) is -0.907. The average Bonchev–Trinajstić information content (AvgIpc) is 3.17. The number of nitrogens with one attached hydrogen (secondary N) is 1. The molecule has 2 aromatic carbocycles. The van der Waals surface area contributed by atoms with Crippen molar-refractivity contribution in [2.75, 3.05) is 26.2 Å². The Labute approximate surface area is 162 Å². The highest BCUT2D eigenvalue weighted by atomic mass is 35.5. The minimum absolute atomic E-state index is 0.214. The lowest BCUT2D eigenvalue weighted by Crippen LogP contribution is -2.39. The molecule has 2 aromatic rings. The van der Waals surface area contributed by atoms with Crippen molar-refractivity contribution in [2.24, 2.45) is 0 Å². The van der Waals surface area contributed by atoms with E-state index in [9.17, 15) is 13.6 Å². The van der Waals surface area contributed by atoms with E-state index in [1.54, 1.807) is 18.2 Å². The molecule has 1 unspecified atom stereocenters. The van der Waals surface area contributed by atoms with Gasteiger partial charge in [-0.1, -0.05) is 23.7 Å². The molecule has 1 aliphatic heterocycles. The fourth-order valence-corrected chi connectivity index (χ4v) is 3.55. The van der Waals surface area contributed by atoms with Gasteiger partial charge < -0.3 is 10.1 Å². The zero-order valence-electron chi connectivity index (χ0n) is 14.8. The molecule has 1 amide bonds. The molecule has 4 nitrogen and oxygen atoms in total. The predicted molar refractivity (Wildman–Crippen MR) is 99.9 cm³/mol. The lowest BCUT2D eigenvalue weighted by molar-refractivity contribution is -0.123. The second-order valence-electron chi connectivity index (χ2n) is 6.44. The fourth-order valence-electron chi connectivity index (χ4n) is 3.26. The molecule has 0 spiro atoms. The van der Waals surface area contributed by atoms with Crippen molar-refractivity contribution >= 4 is 17.5 Å². The van der Waals surface area contributed by atoms with Gasteiger partial charge in [0.15, 0.2) is 6.61 Å². The summed E-state index contributed by atoms with van der Waals surface area (Å²) in [4.78, 5) is 14.3.